The van der Waals surface area contributed by atoms with Crippen molar-refractivity contribution in [2.24, 2.45) is 0 Å². The zero-order valence-electron chi connectivity index (χ0n) is 11.1. The molecule has 0 fully saturated rings. The standard InChI is InChI=1S/C16H14FNO2/c1-20-13-4-5-14(15(17)7-13)16(19)10-2-3-11-8-18-9-12(11)6-10/h2-7,18H,8-9H2,1H3. The Kier molecular flexibility index (Phi) is 3.24. The van der Waals surface area contributed by atoms with E-state index in [0.717, 1.165) is 18.7 Å². The number of carbonyl (C=O) groups excluding carboxylic acids is 1. The maximum atomic E-state index is 13.9. The molecule has 1 heterocycles. The number of hydrogen-bond donors (Lipinski definition) is 1. The molecule has 2 aromatic carbocycles. The fourth-order valence-corrected chi connectivity index (χ4v) is 2.40. The minimum Gasteiger partial charge on any atom is -0.497 e. The van der Waals surface area contributed by atoms with Gasteiger partial charge < -0.3 is 10.1 Å². The number of nitrogens with one attached hydrogen (secondary N) is 1. The predicted octanol–water partition coefficient (Wildman–Crippen LogP) is 2.67. The van der Waals surface area contributed by atoms with Crippen LogP contribution in [0.1, 0.15) is 27.0 Å². The molecule has 1 aliphatic rings. The summed E-state index contributed by atoms with van der Waals surface area (Å²) >= 11 is 0. The van der Waals surface area contributed by atoms with Crippen LogP contribution in [0.25, 0.3) is 0 Å². The van der Waals surface area contributed by atoms with Crippen LogP contribution in [0.5, 0.6) is 5.75 Å². The van der Waals surface area contributed by atoms with E-state index >= 15 is 0 Å². The lowest BCUT2D eigenvalue weighted by Crippen LogP contribution is -2.05. The fraction of sp³-hybridized carbons (Fsp3) is 0.188. The molecule has 102 valence electrons. The molecule has 0 unspecified atom stereocenters. The number of halogens is 1. The average molecular weight is 271 g/mol. The first kappa shape index (κ1) is 12.8. The SMILES string of the molecule is COc1ccc(C(=O)c2ccc3c(c2)CNC3)c(F)c1. The lowest BCUT2D eigenvalue weighted by Gasteiger charge is -2.06. The van der Waals surface area contributed by atoms with Crippen molar-refractivity contribution in [1.82, 2.24) is 5.32 Å². The molecule has 0 amide bonds. The van der Waals surface area contributed by atoms with Gasteiger partial charge in [0.15, 0.2) is 5.78 Å². The Balaban J connectivity index is 1.96. The number of ether oxygens (including phenoxy) is 1. The van der Waals surface area contributed by atoms with Gasteiger partial charge in [-0.1, -0.05) is 12.1 Å². The van der Waals surface area contributed by atoms with Crippen LogP contribution in [0.2, 0.25) is 0 Å². The molecule has 1 N–H and O–H groups in total. The van der Waals surface area contributed by atoms with Gasteiger partial charge in [0, 0.05) is 24.7 Å². The van der Waals surface area contributed by atoms with Crippen molar-refractivity contribution >= 4 is 5.78 Å². The molecule has 0 aliphatic carbocycles. The maximum absolute atomic E-state index is 13.9. The smallest absolute Gasteiger partial charge is 0.195 e. The second-order valence-corrected chi connectivity index (χ2v) is 4.76. The van der Waals surface area contributed by atoms with E-state index in [1.54, 1.807) is 12.1 Å². The molecule has 3 nitrogen and oxygen atoms in total. The van der Waals surface area contributed by atoms with Gasteiger partial charge in [0.05, 0.1) is 12.7 Å². The Hall–Kier alpha value is -2.20. The topological polar surface area (TPSA) is 38.3 Å². The van der Waals surface area contributed by atoms with Crippen molar-refractivity contribution in [3.8, 4) is 5.75 Å². The Morgan fingerprint density at radius 1 is 1.15 bits per heavy atom. The highest BCUT2D eigenvalue weighted by Gasteiger charge is 2.17. The predicted molar refractivity (Wildman–Crippen MR) is 73.4 cm³/mol. The van der Waals surface area contributed by atoms with Gasteiger partial charge >= 0.3 is 0 Å². The summed E-state index contributed by atoms with van der Waals surface area (Å²) in [5, 5.41) is 3.22. The van der Waals surface area contributed by atoms with Crippen LogP contribution in [-0.2, 0) is 13.1 Å². The summed E-state index contributed by atoms with van der Waals surface area (Å²) in [5.74, 6) is -0.468. The maximum Gasteiger partial charge on any atom is 0.195 e. The van der Waals surface area contributed by atoms with E-state index in [1.165, 1.54) is 24.8 Å². The van der Waals surface area contributed by atoms with Gasteiger partial charge in [-0.25, -0.2) is 4.39 Å². The third kappa shape index (κ3) is 2.18. The summed E-state index contributed by atoms with van der Waals surface area (Å²) in [6.07, 6.45) is 0. The fourth-order valence-electron chi connectivity index (χ4n) is 2.40. The normalized spacial score (nSPS) is 13.1. The summed E-state index contributed by atoms with van der Waals surface area (Å²) in [7, 11) is 1.46. The summed E-state index contributed by atoms with van der Waals surface area (Å²) in [4.78, 5) is 12.4. The molecule has 4 heteroatoms. The zero-order valence-corrected chi connectivity index (χ0v) is 11.1. The van der Waals surface area contributed by atoms with Gasteiger partial charge in [-0.2, -0.15) is 0 Å². The molecular weight excluding hydrogens is 257 g/mol. The van der Waals surface area contributed by atoms with Crippen molar-refractivity contribution in [1.29, 1.82) is 0 Å². The highest BCUT2D eigenvalue weighted by Crippen LogP contribution is 2.22. The van der Waals surface area contributed by atoms with Crippen LogP contribution in [0.3, 0.4) is 0 Å². The molecule has 2 aromatic rings. The first-order chi connectivity index (χ1) is 9.69. The quantitative estimate of drug-likeness (QED) is 0.872. The lowest BCUT2D eigenvalue weighted by atomic mass is 9.99. The molecule has 3 rings (SSSR count). The van der Waals surface area contributed by atoms with Crippen LogP contribution in [-0.4, -0.2) is 12.9 Å². The van der Waals surface area contributed by atoms with Gasteiger partial charge in [0.2, 0.25) is 0 Å². The second kappa shape index (κ2) is 5.06. The largest absolute Gasteiger partial charge is 0.497 e. The summed E-state index contributed by atoms with van der Waals surface area (Å²) in [6, 6.07) is 9.78. The summed E-state index contributed by atoms with van der Waals surface area (Å²) < 4.78 is 18.9. The van der Waals surface area contributed by atoms with Crippen molar-refractivity contribution < 1.29 is 13.9 Å². The number of benzene rings is 2. The highest BCUT2D eigenvalue weighted by molar-refractivity contribution is 6.09. The average Bonchev–Trinajstić information content (AvgIpc) is 2.93. The molecule has 0 saturated carbocycles. The number of fused-ring (bicyclic) bond motifs is 1. The molecule has 1 aliphatic heterocycles. The molecule has 0 aromatic heterocycles. The third-order valence-electron chi connectivity index (χ3n) is 3.52. The summed E-state index contributed by atoms with van der Waals surface area (Å²) in [6.45, 7) is 1.57. The number of carbonyl (C=O) groups is 1. The van der Waals surface area contributed by atoms with E-state index < -0.39 is 5.82 Å². The monoisotopic (exact) mass is 271 g/mol. The van der Waals surface area contributed by atoms with Crippen LogP contribution in [0.15, 0.2) is 36.4 Å². The first-order valence-electron chi connectivity index (χ1n) is 6.40. The molecule has 20 heavy (non-hydrogen) atoms. The number of methoxy groups -OCH3 is 1. The van der Waals surface area contributed by atoms with Crippen LogP contribution >= 0.6 is 0 Å². The van der Waals surface area contributed by atoms with Crippen LogP contribution < -0.4 is 10.1 Å². The summed E-state index contributed by atoms with van der Waals surface area (Å²) in [5.41, 5.74) is 2.87. The van der Waals surface area contributed by atoms with E-state index in [4.69, 9.17) is 4.74 Å². The lowest BCUT2D eigenvalue weighted by molar-refractivity contribution is 0.103. The van der Waals surface area contributed by atoms with Crippen molar-refractivity contribution in [2.45, 2.75) is 13.1 Å². The molecule has 0 radical (unpaired) electrons. The Morgan fingerprint density at radius 3 is 2.70 bits per heavy atom. The van der Waals surface area contributed by atoms with Gasteiger partial charge in [0.25, 0.3) is 0 Å². The minimum absolute atomic E-state index is 0.0664. The van der Waals surface area contributed by atoms with Crippen molar-refractivity contribution in [2.75, 3.05) is 7.11 Å². The van der Waals surface area contributed by atoms with Gasteiger partial charge in [-0.15, -0.1) is 0 Å². The second-order valence-electron chi connectivity index (χ2n) is 4.76. The van der Waals surface area contributed by atoms with Crippen molar-refractivity contribution in [3.05, 3.63) is 64.5 Å². The van der Waals surface area contributed by atoms with Crippen molar-refractivity contribution in [3.63, 3.8) is 0 Å². The van der Waals surface area contributed by atoms with Crippen LogP contribution in [0, 0.1) is 5.82 Å². The Bertz CT molecular complexity index is 682. The molecule has 0 spiro atoms. The first-order valence-corrected chi connectivity index (χ1v) is 6.40. The van der Waals surface area contributed by atoms with E-state index in [2.05, 4.69) is 5.32 Å². The van der Waals surface area contributed by atoms with Gasteiger partial charge in [0.1, 0.15) is 11.6 Å². The zero-order chi connectivity index (χ0) is 14.1. The van der Waals surface area contributed by atoms with E-state index in [-0.39, 0.29) is 11.3 Å². The Labute approximate surface area is 116 Å². The van der Waals surface area contributed by atoms with Crippen LogP contribution in [0.4, 0.5) is 4.39 Å². The van der Waals surface area contributed by atoms with E-state index in [1.807, 2.05) is 12.1 Å². The van der Waals surface area contributed by atoms with Gasteiger partial charge in [-0.05, 0) is 29.3 Å². The molecule has 0 bridgehead atoms. The highest BCUT2D eigenvalue weighted by atomic mass is 19.1. The minimum atomic E-state index is -0.562. The number of ketones is 1. The molecule has 0 saturated heterocycles. The Morgan fingerprint density at radius 2 is 1.95 bits per heavy atom. The molecule has 0 atom stereocenters. The van der Waals surface area contributed by atoms with E-state index in [9.17, 15) is 9.18 Å². The van der Waals surface area contributed by atoms with E-state index in [0.29, 0.717) is 11.3 Å². The number of rotatable bonds is 3. The molecular formula is C16H14FNO2. The van der Waals surface area contributed by atoms with Gasteiger partial charge in [-0.3, -0.25) is 4.79 Å². The number of hydrogen-bond acceptors (Lipinski definition) is 3. The third-order valence-corrected chi connectivity index (χ3v) is 3.52.